The molecule has 2 N–H and O–H groups in total. The van der Waals surface area contributed by atoms with E-state index in [1.807, 2.05) is 25.1 Å². The van der Waals surface area contributed by atoms with Gasteiger partial charge in [0.05, 0.1) is 12.6 Å². The quantitative estimate of drug-likeness (QED) is 0.750. The van der Waals surface area contributed by atoms with E-state index in [9.17, 15) is 9.59 Å². The lowest BCUT2D eigenvalue weighted by molar-refractivity contribution is -0.120. The molecule has 2 amide bonds. The summed E-state index contributed by atoms with van der Waals surface area (Å²) >= 11 is 1.73. The van der Waals surface area contributed by atoms with Gasteiger partial charge in [0.2, 0.25) is 5.91 Å². The third-order valence-electron chi connectivity index (χ3n) is 5.31. The van der Waals surface area contributed by atoms with Crippen LogP contribution in [-0.4, -0.2) is 42.9 Å². The Hall–Kier alpha value is -2.18. The topological polar surface area (TPSA) is 61.4 Å². The highest BCUT2D eigenvalue weighted by atomic mass is 32.1. The average Bonchev–Trinajstić information content (AvgIpc) is 3.22. The number of aryl methyl sites for hydroxylation is 1. The van der Waals surface area contributed by atoms with Crippen molar-refractivity contribution in [3.8, 4) is 0 Å². The van der Waals surface area contributed by atoms with Gasteiger partial charge in [0.1, 0.15) is 0 Å². The van der Waals surface area contributed by atoms with Crippen molar-refractivity contribution < 1.29 is 9.59 Å². The Bertz CT molecular complexity index is 783. The molecule has 6 heteroatoms. The van der Waals surface area contributed by atoms with Gasteiger partial charge in [0, 0.05) is 17.0 Å². The number of likely N-dealkylation sites (tertiary alicyclic amines) is 1. The Morgan fingerprint density at radius 1 is 1.18 bits per heavy atom. The van der Waals surface area contributed by atoms with E-state index in [-0.39, 0.29) is 24.4 Å². The molecule has 1 aliphatic heterocycles. The summed E-state index contributed by atoms with van der Waals surface area (Å²) in [6, 6.07) is 11.7. The van der Waals surface area contributed by atoms with Gasteiger partial charge in [-0.1, -0.05) is 30.7 Å². The molecule has 0 aliphatic carbocycles. The van der Waals surface area contributed by atoms with E-state index >= 15 is 0 Å². The molecule has 1 unspecified atom stereocenters. The normalized spacial score (nSPS) is 16.5. The number of carbonyl (C=O) groups is 2. The SMILES string of the molecule is Cc1cccc(C(=O)NCC(=O)NCC(c2cccs2)N2CCC(C)CC2)c1. The minimum absolute atomic E-state index is 0.0129. The van der Waals surface area contributed by atoms with Crippen molar-refractivity contribution in [3.05, 3.63) is 57.8 Å². The highest BCUT2D eigenvalue weighted by Gasteiger charge is 2.25. The summed E-state index contributed by atoms with van der Waals surface area (Å²) in [5, 5.41) is 7.80. The summed E-state index contributed by atoms with van der Waals surface area (Å²) in [4.78, 5) is 28.3. The number of hydrogen-bond donors (Lipinski definition) is 2. The Morgan fingerprint density at radius 3 is 2.64 bits per heavy atom. The van der Waals surface area contributed by atoms with Crippen LogP contribution in [-0.2, 0) is 4.79 Å². The lowest BCUT2D eigenvalue weighted by atomic mass is 9.97. The molecule has 0 bridgehead atoms. The number of carbonyl (C=O) groups excluding carboxylic acids is 2. The molecule has 28 heavy (non-hydrogen) atoms. The molecule has 1 aliphatic rings. The van der Waals surface area contributed by atoms with Crippen molar-refractivity contribution in [3.63, 3.8) is 0 Å². The third kappa shape index (κ3) is 5.66. The molecule has 0 saturated carbocycles. The fourth-order valence-corrected chi connectivity index (χ4v) is 4.41. The van der Waals surface area contributed by atoms with Gasteiger partial charge >= 0.3 is 0 Å². The fourth-order valence-electron chi connectivity index (χ4n) is 3.55. The van der Waals surface area contributed by atoms with Gasteiger partial charge in [0.15, 0.2) is 0 Å². The van der Waals surface area contributed by atoms with Gasteiger partial charge in [-0.15, -0.1) is 11.3 Å². The van der Waals surface area contributed by atoms with Gasteiger partial charge in [-0.3, -0.25) is 14.5 Å². The third-order valence-corrected chi connectivity index (χ3v) is 6.29. The Balaban J connectivity index is 1.51. The summed E-state index contributed by atoms with van der Waals surface area (Å²) in [7, 11) is 0. The number of benzene rings is 1. The predicted octanol–water partition coefficient (Wildman–Crippen LogP) is 3.38. The molecule has 1 aromatic carbocycles. The molecule has 1 atom stereocenters. The number of nitrogens with zero attached hydrogens (tertiary/aromatic N) is 1. The van der Waals surface area contributed by atoms with Crippen LogP contribution in [0.2, 0.25) is 0 Å². The van der Waals surface area contributed by atoms with E-state index in [2.05, 4.69) is 40.0 Å². The second-order valence-corrected chi connectivity index (χ2v) is 8.59. The Kier molecular flexibility index (Phi) is 7.23. The average molecular weight is 400 g/mol. The zero-order valence-electron chi connectivity index (χ0n) is 16.6. The van der Waals surface area contributed by atoms with Crippen LogP contribution in [0.15, 0.2) is 41.8 Å². The number of thiophene rings is 1. The number of nitrogens with one attached hydrogen (secondary N) is 2. The van der Waals surface area contributed by atoms with E-state index < -0.39 is 0 Å². The molecule has 1 aromatic heterocycles. The fraction of sp³-hybridized carbons (Fsp3) is 0.455. The van der Waals surface area contributed by atoms with Gasteiger partial charge in [-0.25, -0.2) is 0 Å². The second-order valence-electron chi connectivity index (χ2n) is 7.61. The molecule has 0 radical (unpaired) electrons. The number of hydrogen-bond acceptors (Lipinski definition) is 4. The van der Waals surface area contributed by atoms with Crippen LogP contribution in [0.3, 0.4) is 0 Å². The molecular formula is C22H29N3O2S. The van der Waals surface area contributed by atoms with Crippen molar-refractivity contribution >= 4 is 23.2 Å². The van der Waals surface area contributed by atoms with Gasteiger partial charge < -0.3 is 10.6 Å². The van der Waals surface area contributed by atoms with Crippen LogP contribution in [0.4, 0.5) is 0 Å². The molecule has 150 valence electrons. The first kappa shape index (κ1) is 20.6. The van der Waals surface area contributed by atoms with E-state index in [1.54, 1.807) is 17.4 Å². The molecule has 5 nitrogen and oxygen atoms in total. The summed E-state index contributed by atoms with van der Waals surface area (Å²) in [5.74, 6) is 0.387. The molecule has 2 heterocycles. The minimum Gasteiger partial charge on any atom is -0.353 e. The van der Waals surface area contributed by atoms with Gasteiger partial charge in [0.25, 0.3) is 5.91 Å². The first-order valence-electron chi connectivity index (χ1n) is 9.92. The first-order valence-corrected chi connectivity index (χ1v) is 10.8. The smallest absolute Gasteiger partial charge is 0.251 e. The highest BCUT2D eigenvalue weighted by Crippen LogP contribution is 2.29. The lowest BCUT2D eigenvalue weighted by Gasteiger charge is -2.36. The molecule has 0 spiro atoms. The maximum atomic E-state index is 12.3. The standard InChI is InChI=1S/C22H29N3O2S/c1-16-8-10-25(11-9-16)19(20-7-4-12-28-20)14-23-21(26)15-24-22(27)18-6-3-5-17(2)13-18/h3-7,12-13,16,19H,8-11,14-15H2,1-2H3,(H,23,26)(H,24,27). The van der Waals surface area contributed by atoms with Gasteiger partial charge in [-0.05, 0) is 62.4 Å². The molecule has 1 saturated heterocycles. The molecule has 2 aromatic rings. The van der Waals surface area contributed by atoms with Crippen LogP contribution in [0.5, 0.6) is 0 Å². The Labute approximate surface area is 171 Å². The number of amides is 2. The first-order chi connectivity index (χ1) is 13.5. The van der Waals surface area contributed by atoms with Crippen LogP contribution in [0.25, 0.3) is 0 Å². The zero-order valence-corrected chi connectivity index (χ0v) is 17.4. The second kappa shape index (κ2) is 9.85. The maximum absolute atomic E-state index is 12.3. The van der Waals surface area contributed by atoms with E-state index in [0.717, 1.165) is 24.6 Å². The molecule has 1 fully saturated rings. The number of rotatable bonds is 7. The number of piperidine rings is 1. The van der Waals surface area contributed by atoms with Crippen molar-refractivity contribution in [2.24, 2.45) is 5.92 Å². The summed E-state index contributed by atoms with van der Waals surface area (Å²) < 4.78 is 0. The van der Waals surface area contributed by atoms with Crippen molar-refractivity contribution in [2.75, 3.05) is 26.2 Å². The summed E-state index contributed by atoms with van der Waals surface area (Å²) in [6.45, 7) is 6.91. The molecular weight excluding hydrogens is 370 g/mol. The maximum Gasteiger partial charge on any atom is 0.251 e. The van der Waals surface area contributed by atoms with Crippen LogP contribution in [0, 0.1) is 12.8 Å². The van der Waals surface area contributed by atoms with Crippen molar-refractivity contribution in [2.45, 2.75) is 32.7 Å². The van der Waals surface area contributed by atoms with Crippen LogP contribution >= 0.6 is 11.3 Å². The Morgan fingerprint density at radius 2 is 1.96 bits per heavy atom. The van der Waals surface area contributed by atoms with Crippen molar-refractivity contribution in [1.29, 1.82) is 0 Å². The highest BCUT2D eigenvalue weighted by molar-refractivity contribution is 7.10. The monoisotopic (exact) mass is 399 g/mol. The van der Waals surface area contributed by atoms with Crippen LogP contribution in [0.1, 0.15) is 46.6 Å². The van der Waals surface area contributed by atoms with Crippen molar-refractivity contribution in [1.82, 2.24) is 15.5 Å². The lowest BCUT2D eigenvalue weighted by Crippen LogP contribution is -2.44. The van der Waals surface area contributed by atoms with E-state index in [0.29, 0.717) is 12.1 Å². The minimum atomic E-state index is -0.223. The summed E-state index contributed by atoms with van der Waals surface area (Å²) in [6.07, 6.45) is 2.39. The summed E-state index contributed by atoms with van der Waals surface area (Å²) in [5.41, 5.74) is 1.60. The zero-order chi connectivity index (χ0) is 19.9. The van der Waals surface area contributed by atoms with Crippen LogP contribution < -0.4 is 10.6 Å². The molecule has 3 rings (SSSR count). The predicted molar refractivity (Wildman–Crippen MR) is 114 cm³/mol. The van der Waals surface area contributed by atoms with Gasteiger partial charge in [-0.2, -0.15) is 0 Å². The largest absolute Gasteiger partial charge is 0.353 e. The van der Waals surface area contributed by atoms with E-state index in [4.69, 9.17) is 0 Å². The van der Waals surface area contributed by atoms with E-state index in [1.165, 1.54) is 17.7 Å².